The van der Waals surface area contributed by atoms with E-state index < -0.39 is 0 Å². The molecular formula is C15H26ClN3O2. The fourth-order valence-corrected chi connectivity index (χ4v) is 2.27. The molecule has 21 heavy (non-hydrogen) atoms. The lowest BCUT2D eigenvalue weighted by atomic mass is 9.99. The third-order valence-corrected chi connectivity index (χ3v) is 3.86. The lowest BCUT2D eigenvalue weighted by molar-refractivity contribution is -0.120. The molecule has 1 aromatic heterocycles. The summed E-state index contributed by atoms with van der Waals surface area (Å²) in [5.41, 5.74) is 0.992. The number of carbonyl (C=O) groups excluding carboxylic acids is 1. The van der Waals surface area contributed by atoms with Gasteiger partial charge in [0, 0.05) is 12.0 Å². The lowest BCUT2D eigenvalue weighted by Crippen LogP contribution is -2.34. The fraction of sp³-hybridized carbons (Fsp3) is 0.733. The van der Waals surface area contributed by atoms with Crippen LogP contribution in [0, 0.1) is 5.92 Å². The molecule has 0 radical (unpaired) electrons. The maximum atomic E-state index is 11.6. The minimum atomic E-state index is 0. The van der Waals surface area contributed by atoms with Crippen LogP contribution in [0.1, 0.15) is 56.9 Å². The minimum Gasteiger partial charge on any atom is -0.359 e. The van der Waals surface area contributed by atoms with Crippen molar-refractivity contribution in [2.45, 2.75) is 52.0 Å². The molecule has 1 heterocycles. The van der Waals surface area contributed by atoms with Gasteiger partial charge in [0.25, 0.3) is 0 Å². The molecule has 0 bridgehead atoms. The second-order valence-electron chi connectivity index (χ2n) is 5.58. The monoisotopic (exact) mass is 315 g/mol. The zero-order chi connectivity index (χ0) is 14.4. The normalized spacial score (nSPS) is 14.0. The van der Waals surface area contributed by atoms with Gasteiger partial charge in [-0.1, -0.05) is 19.0 Å². The Morgan fingerprint density at radius 3 is 2.76 bits per heavy atom. The van der Waals surface area contributed by atoms with Gasteiger partial charge in [-0.15, -0.1) is 12.4 Å². The first kappa shape index (κ1) is 18.0. The molecule has 0 spiro atoms. The Labute approximate surface area is 132 Å². The average molecular weight is 316 g/mol. The standard InChI is InChI=1S/C15H25N3O2.ClH/c1-3-12(4-2)14-7-13(20-18-14)9-17-15(19)10-16-8-11-5-6-11;/h7,11-12,16H,3-6,8-10H2,1-2H3,(H,17,19);1H. The van der Waals surface area contributed by atoms with Gasteiger partial charge in [-0.05, 0) is 38.1 Å². The number of hydrogen-bond acceptors (Lipinski definition) is 4. The number of carbonyl (C=O) groups is 1. The summed E-state index contributed by atoms with van der Waals surface area (Å²) in [6, 6.07) is 1.95. The van der Waals surface area contributed by atoms with Crippen LogP contribution in [0.15, 0.2) is 10.6 Å². The number of rotatable bonds is 9. The number of hydrogen-bond donors (Lipinski definition) is 2. The summed E-state index contributed by atoms with van der Waals surface area (Å²) in [4.78, 5) is 11.6. The zero-order valence-corrected chi connectivity index (χ0v) is 13.7. The van der Waals surface area contributed by atoms with Gasteiger partial charge in [0.1, 0.15) is 0 Å². The minimum absolute atomic E-state index is 0. The third kappa shape index (κ3) is 6.06. The van der Waals surface area contributed by atoms with Gasteiger partial charge in [0.15, 0.2) is 5.76 Å². The van der Waals surface area contributed by atoms with E-state index in [0.717, 1.165) is 36.8 Å². The van der Waals surface area contributed by atoms with E-state index >= 15 is 0 Å². The van der Waals surface area contributed by atoms with E-state index in [0.29, 0.717) is 19.0 Å². The highest BCUT2D eigenvalue weighted by molar-refractivity contribution is 5.85. The molecule has 6 heteroatoms. The molecule has 0 aromatic carbocycles. The molecule has 0 unspecified atom stereocenters. The molecular weight excluding hydrogens is 290 g/mol. The number of nitrogens with zero attached hydrogens (tertiary/aromatic N) is 1. The van der Waals surface area contributed by atoms with E-state index in [2.05, 4.69) is 29.6 Å². The molecule has 0 saturated heterocycles. The first-order valence-electron chi connectivity index (χ1n) is 7.65. The van der Waals surface area contributed by atoms with E-state index in [1.807, 2.05) is 6.07 Å². The second-order valence-corrected chi connectivity index (χ2v) is 5.58. The Kier molecular flexibility index (Phi) is 7.75. The Bertz CT molecular complexity index is 428. The number of halogens is 1. The van der Waals surface area contributed by atoms with Crippen LogP contribution in [0.2, 0.25) is 0 Å². The van der Waals surface area contributed by atoms with Crippen LogP contribution in [0.25, 0.3) is 0 Å². The maximum Gasteiger partial charge on any atom is 0.234 e. The highest BCUT2D eigenvalue weighted by atomic mass is 35.5. The number of amides is 1. The fourth-order valence-electron chi connectivity index (χ4n) is 2.27. The van der Waals surface area contributed by atoms with Crippen LogP contribution in [0.3, 0.4) is 0 Å². The average Bonchev–Trinajstić information content (AvgIpc) is 3.15. The summed E-state index contributed by atoms with van der Waals surface area (Å²) < 4.78 is 5.27. The number of nitrogens with one attached hydrogen (secondary N) is 2. The summed E-state index contributed by atoms with van der Waals surface area (Å²) in [7, 11) is 0. The quantitative estimate of drug-likeness (QED) is 0.735. The molecule has 0 aliphatic heterocycles. The van der Waals surface area contributed by atoms with Gasteiger partial charge in [0.2, 0.25) is 5.91 Å². The van der Waals surface area contributed by atoms with Crippen LogP contribution >= 0.6 is 12.4 Å². The molecule has 5 nitrogen and oxygen atoms in total. The van der Waals surface area contributed by atoms with Crippen molar-refractivity contribution in [3.8, 4) is 0 Å². The van der Waals surface area contributed by atoms with E-state index in [4.69, 9.17) is 4.52 Å². The Balaban J connectivity index is 0.00000220. The van der Waals surface area contributed by atoms with Crippen molar-refractivity contribution >= 4 is 18.3 Å². The number of aromatic nitrogens is 1. The Morgan fingerprint density at radius 1 is 1.43 bits per heavy atom. The van der Waals surface area contributed by atoms with E-state index in [1.54, 1.807) is 0 Å². The van der Waals surface area contributed by atoms with Gasteiger partial charge in [-0.2, -0.15) is 0 Å². The summed E-state index contributed by atoms with van der Waals surface area (Å²) in [5.74, 6) is 1.97. The largest absolute Gasteiger partial charge is 0.359 e. The zero-order valence-electron chi connectivity index (χ0n) is 12.9. The molecule has 1 saturated carbocycles. The van der Waals surface area contributed by atoms with Gasteiger partial charge in [0.05, 0.1) is 18.8 Å². The summed E-state index contributed by atoms with van der Waals surface area (Å²) >= 11 is 0. The van der Waals surface area contributed by atoms with Crippen molar-refractivity contribution in [1.82, 2.24) is 15.8 Å². The predicted octanol–water partition coefficient (Wildman–Crippen LogP) is 2.62. The smallest absolute Gasteiger partial charge is 0.234 e. The SMILES string of the molecule is CCC(CC)c1cc(CNC(=O)CNCC2CC2)on1.Cl. The first-order valence-corrected chi connectivity index (χ1v) is 7.65. The van der Waals surface area contributed by atoms with Crippen molar-refractivity contribution in [2.75, 3.05) is 13.1 Å². The lowest BCUT2D eigenvalue weighted by Gasteiger charge is -2.06. The predicted molar refractivity (Wildman–Crippen MR) is 84.5 cm³/mol. The van der Waals surface area contributed by atoms with E-state index in [1.165, 1.54) is 12.8 Å². The van der Waals surface area contributed by atoms with Crippen LogP contribution in [-0.4, -0.2) is 24.2 Å². The third-order valence-electron chi connectivity index (χ3n) is 3.86. The summed E-state index contributed by atoms with van der Waals surface area (Å²) in [5, 5.41) is 10.1. The molecule has 0 atom stereocenters. The molecule has 1 aromatic rings. The summed E-state index contributed by atoms with van der Waals surface area (Å²) in [6.45, 7) is 6.04. The molecule has 1 aliphatic carbocycles. The maximum absolute atomic E-state index is 11.6. The molecule has 2 N–H and O–H groups in total. The summed E-state index contributed by atoms with van der Waals surface area (Å²) in [6.07, 6.45) is 4.71. The molecule has 1 amide bonds. The molecule has 1 aliphatic rings. The van der Waals surface area contributed by atoms with Gasteiger partial charge in [-0.3, -0.25) is 4.79 Å². The van der Waals surface area contributed by atoms with E-state index in [-0.39, 0.29) is 18.3 Å². The van der Waals surface area contributed by atoms with E-state index in [9.17, 15) is 4.79 Å². The van der Waals surface area contributed by atoms with Gasteiger partial charge < -0.3 is 15.2 Å². The van der Waals surface area contributed by atoms with Crippen LogP contribution < -0.4 is 10.6 Å². The Hall–Kier alpha value is -1.07. The van der Waals surface area contributed by atoms with Crippen molar-refractivity contribution in [2.24, 2.45) is 5.92 Å². The molecule has 120 valence electrons. The van der Waals surface area contributed by atoms with Crippen molar-refractivity contribution in [3.05, 3.63) is 17.5 Å². The van der Waals surface area contributed by atoms with Crippen molar-refractivity contribution < 1.29 is 9.32 Å². The molecule has 2 rings (SSSR count). The van der Waals surface area contributed by atoms with Crippen LogP contribution in [-0.2, 0) is 11.3 Å². The van der Waals surface area contributed by atoms with Gasteiger partial charge >= 0.3 is 0 Å². The van der Waals surface area contributed by atoms with Crippen LogP contribution in [0.5, 0.6) is 0 Å². The first-order chi connectivity index (χ1) is 9.72. The van der Waals surface area contributed by atoms with Crippen LogP contribution in [0.4, 0.5) is 0 Å². The highest BCUT2D eigenvalue weighted by Crippen LogP contribution is 2.27. The highest BCUT2D eigenvalue weighted by Gasteiger charge is 2.20. The molecule has 1 fully saturated rings. The van der Waals surface area contributed by atoms with Gasteiger partial charge in [-0.25, -0.2) is 0 Å². The van der Waals surface area contributed by atoms with Crippen molar-refractivity contribution in [1.29, 1.82) is 0 Å². The Morgan fingerprint density at radius 2 is 2.14 bits per heavy atom. The van der Waals surface area contributed by atoms with Crippen molar-refractivity contribution in [3.63, 3.8) is 0 Å². The second kappa shape index (κ2) is 9.05. The topological polar surface area (TPSA) is 67.2 Å².